The van der Waals surface area contributed by atoms with Crippen molar-refractivity contribution in [1.82, 2.24) is 10.2 Å². The van der Waals surface area contributed by atoms with Gasteiger partial charge in [-0.1, -0.05) is 50.8 Å². The molecule has 0 bridgehead atoms. The molecule has 0 unspecified atom stereocenters. The molecule has 0 saturated carbocycles. The minimum Gasteiger partial charge on any atom is -0.351 e. The maximum atomic E-state index is 13.0. The van der Waals surface area contributed by atoms with Crippen molar-refractivity contribution in [1.29, 1.82) is 0 Å². The van der Waals surface area contributed by atoms with Gasteiger partial charge in [-0.2, -0.15) is 0 Å². The number of benzene rings is 2. The molecule has 2 aromatic carbocycles. The molecule has 0 radical (unpaired) electrons. The molecule has 3 rings (SSSR count). The number of anilines is 1. The van der Waals surface area contributed by atoms with Gasteiger partial charge in [-0.25, -0.2) is 8.42 Å². The SMILES string of the molecule is CC(=O)N1CCCCCCCN(CC(C)C)Cc2cc(C(=O)NCCS(=O)(=O)c3ccc(C)cc3)ccc21. The largest absolute Gasteiger partial charge is 0.351 e. The molecular weight excluding hydrogens is 498 g/mol. The number of aryl methyl sites for hydroxylation is 1. The number of fused-ring (bicyclic) bond motifs is 1. The predicted octanol–water partition coefficient (Wildman–Crippen LogP) is 4.97. The summed E-state index contributed by atoms with van der Waals surface area (Å²) in [6.07, 6.45) is 5.53. The van der Waals surface area contributed by atoms with Crippen molar-refractivity contribution in [2.45, 2.75) is 71.2 Å². The maximum absolute atomic E-state index is 13.0. The molecule has 7 nitrogen and oxygen atoms in total. The van der Waals surface area contributed by atoms with Crippen molar-refractivity contribution in [2.75, 3.05) is 36.8 Å². The van der Waals surface area contributed by atoms with Crippen LogP contribution in [0.2, 0.25) is 0 Å². The van der Waals surface area contributed by atoms with Gasteiger partial charge in [0, 0.05) is 44.4 Å². The predicted molar refractivity (Wildman–Crippen MR) is 153 cm³/mol. The summed E-state index contributed by atoms with van der Waals surface area (Å²) in [5, 5.41) is 2.78. The molecule has 0 atom stereocenters. The average molecular weight is 542 g/mol. The number of hydrogen-bond acceptors (Lipinski definition) is 5. The Hall–Kier alpha value is -2.71. The molecule has 2 amide bonds. The van der Waals surface area contributed by atoms with Gasteiger partial charge in [0.15, 0.2) is 9.84 Å². The Bertz CT molecular complexity index is 1190. The molecule has 38 heavy (non-hydrogen) atoms. The summed E-state index contributed by atoms with van der Waals surface area (Å²) in [6, 6.07) is 12.2. The third-order valence-corrected chi connectivity index (χ3v) is 8.65. The van der Waals surface area contributed by atoms with Crippen molar-refractivity contribution < 1.29 is 18.0 Å². The number of nitrogens with one attached hydrogen (secondary N) is 1. The standard InChI is InChI=1S/C30H43N3O4S/c1-23(2)21-32-17-8-6-5-7-9-18-33(25(4)34)29-15-12-26(20-27(29)22-32)30(35)31-16-19-38(36,37)28-13-10-24(3)11-14-28/h10-15,20,23H,5-9,16-19,21-22H2,1-4H3,(H,31,35). The van der Waals surface area contributed by atoms with Crippen molar-refractivity contribution in [2.24, 2.45) is 5.92 Å². The Balaban J connectivity index is 1.80. The number of carbonyl (C=O) groups is 2. The van der Waals surface area contributed by atoms with Crippen LogP contribution in [-0.4, -0.2) is 57.1 Å². The third kappa shape index (κ3) is 8.67. The van der Waals surface area contributed by atoms with E-state index in [0.29, 0.717) is 24.6 Å². The first-order valence-corrected chi connectivity index (χ1v) is 15.4. The normalized spacial score (nSPS) is 15.9. The first-order valence-electron chi connectivity index (χ1n) is 13.8. The number of carbonyl (C=O) groups excluding carboxylic acids is 2. The number of hydrogen-bond donors (Lipinski definition) is 1. The van der Waals surface area contributed by atoms with E-state index in [2.05, 4.69) is 24.1 Å². The van der Waals surface area contributed by atoms with Crippen LogP contribution in [0.3, 0.4) is 0 Å². The second kappa shape index (κ2) is 13.9. The lowest BCUT2D eigenvalue weighted by Crippen LogP contribution is -2.34. The highest BCUT2D eigenvalue weighted by Crippen LogP contribution is 2.26. The third-order valence-electron chi connectivity index (χ3n) is 6.92. The summed E-state index contributed by atoms with van der Waals surface area (Å²) in [5.74, 6) is 0.00443. The lowest BCUT2D eigenvalue weighted by Gasteiger charge is -2.30. The number of amides is 2. The highest BCUT2D eigenvalue weighted by atomic mass is 32.2. The van der Waals surface area contributed by atoms with Gasteiger partial charge < -0.3 is 10.2 Å². The quantitative estimate of drug-likeness (QED) is 0.535. The van der Waals surface area contributed by atoms with Crippen LogP contribution < -0.4 is 10.2 Å². The molecule has 1 aliphatic rings. The van der Waals surface area contributed by atoms with Gasteiger partial charge in [0.1, 0.15) is 0 Å². The number of sulfone groups is 1. The highest BCUT2D eigenvalue weighted by molar-refractivity contribution is 7.91. The van der Waals surface area contributed by atoms with Crippen molar-refractivity contribution in [3.05, 3.63) is 59.2 Å². The molecule has 0 fully saturated rings. The fourth-order valence-electron chi connectivity index (χ4n) is 4.96. The van der Waals surface area contributed by atoms with Crippen LogP contribution in [0.4, 0.5) is 5.69 Å². The zero-order chi connectivity index (χ0) is 27.7. The summed E-state index contributed by atoms with van der Waals surface area (Å²) < 4.78 is 25.3. The molecule has 1 heterocycles. The van der Waals surface area contributed by atoms with E-state index in [1.54, 1.807) is 37.3 Å². The van der Waals surface area contributed by atoms with Crippen LogP contribution in [0.25, 0.3) is 0 Å². The minimum absolute atomic E-state index is 0.00256. The van der Waals surface area contributed by atoms with Gasteiger partial charge >= 0.3 is 0 Å². The molecule has 208 valence electrons. The van der Waals surface area contributed by atoms with E-state index in [-0.39, 0.29) is 29.0 Å². The molecule has 1 aliphatic heterocycles. The maximum Gasteiger partial charge on any atom is 0.251 e. The van der Waals surface area contributed by atoms with Crippen molar-refractivity contribution in [3.8, 4) is 0 Å². The van der Waals surface area contributed by atoms with Crippen molar-refractivity contribution >= 4 is 27.3 Å². The van der Waals surface area contributed by atoms with Gasteiger partial charge in [0.05, 0.1) is 10.6 Å². The van der Waals surface area contributed by atoms with Gasteiger partial charge in [0.25, 0.3) is 5.91 Å². The lowest BCUT2D eigenvalue weighted by atomic mass is 10.0. The van der Waals surface area contributed by atoms with Gasteiger partial charge in [-0.15, -0.1) is 0 Å². The molecule has 0 aliphatic carbocycles. The Morgan fingerprint density at radius 3 is 2.26 bits per heavy atom. The smallest absolute Gasteiger partial charge is 0.251 e. The van der Waals surface area contributed by atoms with E-state index in [1.165, 1.54) is 12.8 Å². The van der Waals surface area contributed by atoms with E-state index < -0.39 is 9.84 Å². The number of nitrogens with zero attached hydrogens (tertiary/aromatic N) is 2. The zero-order valence-electron chi connectivity index (χ0n) is 23.3. The summed E-state index contributed by atoms with van der Waals surface area (Å²) >= 11 is 0. The topological polar surface area (TPSA) is 86.8 Å². The molecule has 8 heteroatoms. The molecule has 1 N–H and O–H groups in total. The summed E-state index contributed by atoms with van der Waals surface area (Å²) in [6.45, 7) is 11.2. The fourth-order valence-corrected chi connectivity index (χ4v) is 6.11. The lowest BCUT2D eigenvalue weighted by molar-refractivity contribution is -0.116. The van der Waals surface area contributed by atoms with E-state index >= 15 is 0 Å². The molecule has 2 aromatic rings. The second-order valence-corrected chi connectivity index (χ2v) is 12.9. The first-order chi connectivity index (χ1) is 18.1. The van der Waals surface area contributed by atoms with Crippen LogP contribution in [0, 0.1) is 12.8 Å². The van der Waals surface area contributed by atoms with E-state index in [1.807, 2.05) is 24.0 Å². The Morgan fingerprint density at radius 1 is 0.947 bits per heavy atom. The molecule has 0 saturated heterocycles. The van der Waals surface area contributed by atoms with E-state index in [4.69, 9.17) is 0 Å². The van der Waals surface area contributed by atoms with Gasteiger partial charge in [-0.05, 0) is 68.1 Å². The Kier molecular flexibility index (Phi) is 10.9. The monoisotopic (exact) mass is 541 g/mol. The molecule has 0 spiro atoms. The Labute approximate surface area is 228 Å². The van der Waals surface area contributed by atoms with E-state index in [9.17, 15) is 18.0 Å². The molecular formula is C30H43N3O4S. The summed E-state index contributed by atoms with van der Waals surface area (Å²) in [4.78, 5) is 30.2. The van der Waals surface area contributed by atoms with Crippen LogP contribution in [0.15, 0.2) is 47.4 Å². The second-order valence-electron chi connectivity index (χ2n) is 10.8. The van der Waals surface area contributed by atoms with Gasteiger partial charge in [-0.3, -0.25) is 14.5 Å². The van der Waals surface area contributed by atoms with Crippen LogP contribution in [-0.2, 0) is 21.2 Å². The minimum atomic E-state index is -3.49. The number of rotatable bonds is 7. The van der Waals surface area contributed by atoms with Crippen LogP contribution >= 0.6 is 0 Å². The van der Waals surface area contributed by atoms with Crippen LogP contribution in [0.1, 0.15) is 74.4 Å². The highest BCUT2D eigenvalue weighted by Gasteiger charge is 2.21. The van der Waals surface area contributed by atoms with E-state index in [0.717, 1.165) is 49.2 Å². The van der Waals surface area contributed by atoms with Crippen LogP contribution in [0.5, 0.6) is 0 Å². The zero-order valence-corrected chi connectivity index (χ0v) is 24.1. The molecule has 0 aromatic heterocycles. The Morgan fingerprint density at radius 2 is 1.61 bits per heavy atom. The van der Waals surface area contributed by atoms with Gasteiger partial charge in [0.2, 0.25) is 5.91 Å². The first kappa shape index (κ1) is 29.8. The van der Waals surface area contributed by atoms with Crippen molar-refractivity contribution in [3.63, 3.8) is 0 Å². The summed E-state index contributed by atoms with van der Waals surface area (Å²) in [5.41, 5.74) is 3.26. The average Bonchev–Trinajstić information content (AvgIpc) is 2.84. The fraction of sp³-hybridized carbons (Fsp3) is 0.533. The summed E-state index contributed by atoms with van der Waals surface area (Å²) in [7, 11) is -3.49.